The van der Waals surface area contributed by atoms with E-state index in [1.54, 1.807) is 13.2 Å². The number of carbonyl (C=O) groups excluding carboxylic acids is 6. The highest BCUT2D eigenvalue weighted by Crippen LogP contribution is 2.21. The Bertz CT molecular complexity index is 1630. The number of nitrogens with two attached hydrogens (primary N) is 1. The van der Waals surface area contributed by atoms with Gasteiger partial charge < -0.3 is 62.6 Å². The summed E-state index contributed by atoms with van der Waals surface area (Å²) in [5.41, 5.74) is 6.37. The Morgan fingerprint density at radius 1 is 0.847 bits per heavy atom. The van der Waals surface area contributed by atoms with Gasteiger partial charge in [0.25, 0.3) is 0 Å². The molecule has 0 radical (unpaired) electrons. The first-order valence-electron chi connectivity index (χ1n) is 19.2. The number of H-pyrrole nitrogens is 1. The van der Waals surface area contributed by atoms with Crippen LogP contribution in [0.15, 0.2) is 12.5 Å². The van der Waals surface area contributed by atoms with Gasteiger partial charge in [0.15, 0.2) is 0 Å². The highest BCUT2D eigenvalue weighted by Gasteiger charge is 2.41. The number of hydrogen-bond acceptors (Lipinski definition) is 13. The maximum absolute atomic E-state index is 14.2. The lowest BCUT2D eigenvalue weighted by Gasteiger charge is -2.31. The average molecular weight is 856 g/mol. The topological polar surface area (TPSA) is 353 Å². The largest absolute Gasteiger partial charge is 0.481 e. The lowest BCUT2D eigenvalue weighted by Crippen LogP contribution is -2.61. The van der Waals surface area contributed by atoms with Crippen molar-refractivity contribution in [2.24, 2.45) is 11.7 Å². The molecule has 1 aliphatic rings. The predicted molar refractivity (Wildman–Crippen MR) is 210 cm³/mol. The van der Waals surface area contributed by atoms with Gasteiger partial charge in [-0.15, -0.1) is 0 Å². The van der Waals surface area contributed by atoms with E-state index in [9.17, 15) is 63.6 Å². The molecule has 1 aromatic heterocycles. The van der Waals surface area contributed by atoms with Crippen molar-refractivity contribution in [1.29, 1.82) is 0 Å². The van der Waals surface area contributed by atoms with Gasteiger partial charge in [-0.2, -0.15) is 11.8 Å². The summed E-state index contributed by atoms with van der Waals surface area (Å²) in [4.78, 5) is 124. The number of aliphatic carboxylic acids is 3. The molecule has 0 aromatic carbocycles. The number of likely N-dealkylation sites (tertiary alicyclic amines) is 1. The first kappa shape index (κ1) is 49.9. The van der Waals surface area contributed by atoms with Gasteiger partial charge in [0.05, 0.1) is 24.2 Å². The molecule has 0 unspecified atom stereocenters. The van der Waals surface area contributed by atoms with Gasteiger partial charge in [-0.25, -0.2) is 9.78 Å². The number of thioether (sulfide) groups is 1. The monoisotopic (exact) mass is 855 g/mol. The van der Waals surface area contributed by atoms with Gasteiger partial charge >= 0.3 is 17.9 Å². The zero-order valence-electron chi connectivity index (χ0n) is 33.5. The Morgan fingerprint density at radius 3 is 1.95 bits per heavy atom. The zero-order chi connectivity index (χ0) is 44.4. The van der Waals surface area contributed by atoms with E-state index in [2.05, 4.69) is 36.6 Å². The van der Waals surface area contributed by atoms with Crippen molar-refractivity contribution in [3.05, 3.63) is 18.2 Å². The van der Waals surface area contributed by atoms with Crippen LogP contribution in [0.25, 0.3) is 0 Å². The maximum Gasteiger partial charge on any atom is 0.326 e. The van der Waals surface area contributed by atoms with Crippen molar-refractivity contribution in [3.8, 4) is 0 Å². The van der Waals surface area contributed by atoms with Crippen molar-refractivity contribution in [3.63, 3.8) is 0 Å². The number of nitrogens with one attached hydrogen (secondary N) is 6. The number of imidazole rings is 1. The highest BCUT2D eigenvalue weighted by atomic mass is 32.2. The van der Waals surface area contributed by atoms with E-state index in [0.717, 1.165) is 11.8 Å². The van der Waals surface area contributed by atoms with Crippen LogP contribution in [0.3, 0.4) is 0 Å². The molecular weight excluding hydrogens is 799 g/mol. The van der Waals surface area contributed by atoms with E-state index in [4.69, 9.17) is 5.73 Å². The van der Waals surface area contributed by atoms with E-state index in [0.29, 0.717) is 24.3 Å². The number of amides is 6. The SMILES string of the molecule is CC[C@H](C)[C@H](N)C(=O)N[C@@H](CCC(=O)O)C(=O)N[C@@H](Cc1c[nH]cn1)C(=O)N1CCC[C@H]1C(=O)N[C@@H](CCC(=O)O)C(=O)N[C@H](C(=O)N[C@@H](CCSC)C(=O)O)[C@@H](C)O. The molecule has 1 aliphatic heterocycles. The fraction of sp³-hybridized carbons (Fsp3) is 0.667. The number of rotatable bonds is 26. The number of aromatic nitrogens is 2. The van der Waals surface area contributed by atoms with E-state index < -0.39 is 121 Å². The summed E-state index contributed by atoms with van der Waals surface area (Å²) in [6, 6.07) is -9.70. The average Bonchev–Trinajstić information content (AvgIpc) is 3.89. The Labute approximate surface area is 345 Å². The second-order valence-electron chi connectivity index (χ2n) is 14.3. The Morgan fingerprint density at radius 2 is 1.42 bits per heavy atom. The van der Waals surface area contributed by atoms with Crippen molar-refractivity contribution in [2.45, 2.75) is 127 Å². The van der Waals surface area contributed by atoms with E-state index >= 15 is 0 Å². The summed E-state index contributed by atoms with van der Waals surface area (Å²) in [6.45, 7) is 4.73. The molecule has 1 fully saturated rings. The number of hydrogen-bond donors (Lipinski definition) is 11. The molecule has 6 amide bonds. The summed E-state index contributed by atoms with van der Waals surface area (Å²) < 4.78 is 0. The summed E-state index contributed by atoms with van der Waals surface area (Å²) in [6.07, 6.45) is 1.82. The van der Waals surface area contributed by atoms with Crippen LogP contribution in [-0.4, -0.2) is 156 Å². The maximum atomic E-state index is 14.2. The first-order valence-corrected chi connectivity index (χ1v) is 20.6. The zero-order valence-corrected chi connectivity index (χ0v) is 34.3. The molecule has 0 aliphatic carbocycles. The molecule has 12 N–H and O–H groups in total. The molecule has 0 saturated carbocycles. The van der Waals surface area contributed by atoms with Gasteiger partial charge in [-0.3, -0.25) is 38.4 Å². The number of aliphatic hydroxyl groups is 1. The van der Waals surface area contributed by atoms with Crippen LogP contribution in [0.4, 0.5) is 0 Å². The van der Waals surface area contributed by atoms with E-state index in [-0.39, 0.29) is 38.1 Å². The molecule has 23 heteroatoms. The number of aliphatic hydroxyl groups excluding tert-OH is 1. The molecule has 2 rings (SSSR count). The number of carboxylic acid groups (broad SMARTS) is 3. The standard InChI is InChI=1S/C36H57N9O13S/c1-5-18(2)28(37)33(54)41-21(8-10-26(47)48)30(51)43-24(15-20-16-38-17-39-20)35(56)45-13-6-7-25(45)32(53)40-22(9-11-27(49)50)31(52)44-29(19(3)46)34(55)42-23(36(57)58)12-14-59-4/h16-19,21-25,28-29,46H,5-15,37H2,1-4H3,(H,38,39)(H,40,53)(H,41,54)(H,42,55)(H,43,51)(H,44,52)(H,47,48)(H,49,50)(H,57,58)/t18-,19+,21-,22-,23-,24-,25-,28-,29-/m0/s1. The van der Waals surface area contributed by atoms with Crippen molar-refractivity contribution in [1.82, 2.24) is 41.5 Å². The second kappa shape index (κ2) is 24.6. The number of carbonyl (C=O) groups is 9. The lowest BCUT2D eigenvalue weighted by molar-refractivity contribution is -0.143. The van der Waals surface area contributed by atoms with Crippen LogP contribution in [0, 0.1) is 5.92 Å². The Balaban J connectivity index is 2.35. The third kappa shape index (κ3) is 16.1. The highest BCUT2D eigenvalue weighted by molar-refractivity contribution is 7.98. The third-order valence-corrected chi connectivity index (χ3v) is 10.5. The molecule has 22 nitrogen and oxygen atoms in total. The van der Waals surface area contributed by atoms with Gasteiger partial charge in [-0.05, 0) is 57.0 Å². The summed E-state index contributed by atoms with van der Waals surface area (Å²) in [5.74, 6) is -9.15. The second-order valence-corrected chi connectivity index (χ2v) is 15.3. The summed E-state index contributed by atoms with van der Waals surface area (Å²) in [7, 11) is 0. The van der Waals surface area contributed by atoms with E-state index in [1.165, 1.54) is 24.3 Å². The molecule has 0 spiro atoms. The number of aromatic amines is 1. The van der Waals surface area contributed by atoms with Crippen LogP contribution in [0.2, 0.25) is 0 Å². The molecule has 59 heavy (non-hydrogen) atoms. The smallest absolute Gasteiger partial charge is 0.326 e. The molecule has 330 valence electrons. The van der Waals surface area contributed by atoms with Crippen LogP contribution < -0.4 is 32.3 Å². The van der Waals surface area contributed by atoms with E-state index in [1.807, 2.05) is 6.92 Å². The van der Waals surface area contributed by atoms with Crippen LogP contribution in [0.5, 0.6) is 0 Å². The Hall–Kier alpha value is -5.29. The van der Waals surface area contributed by atoms with Gasteiger partial charge in [-0.1, -0.05) is 20.3 Å². The molecule has 9 atom stereocenters. The number of carboxylic acids is 3. The first-order chi connectivity index (χ1) is 27.8. The van der Waals surface area contributed by atoms with Gasteiger partial charge in [0, 0.05) is 32.0 Å². The third-order valence-electron chi connectivity index (χ3n) is 9.83. The van der Waals surface area contributed by atoms with Crippen molar-refractivity contribution in [2.75, 3.05) is 18.6 Å². The van der Waals surface area contributed by atoms with Crippen LogP contribution >= 0.6 is 11.8 Å². The molecule has 2 heterocycles. The van der Waals surface area contributed by atoms with Crippen molar-refractivity contribution >= 4 is 65.1 Å². The molecule has 1 aromatic rings. The fourth-order valence-corrected chi connectivity index (χ4v) is 6.59. The van der Waals surface area contributed by atoms with Gasteiger partial charge in [0.1, 0.15) is 36.3 Å². The number of nitrogens with zero attached hydrogens (tertiary/aromatic N) is 2. The van der Waals surface area contributed by atoms with Crippen LogP contribution in [-0.2, 0) is 49.6 Å². The fourth-order valence-electron chi connectivity index (χ4n) is 6.12. The summed E-state index contributed by atoms with van der Waals surface area (Å²) >= 11 is 1.34. The molecular formula is C36H57N9O13S. The summed E-state index contributed by atoms with van der Waals surface area (Å²) in [5, 5.41) is 50.6. The predicted octanol–water partition coefficient (Wildman–Crippen LogP) is -2.31. The quantitative estimate of drug-likeness (QED) is 0.0466. The minimum atomic E-state index is -1.70. The van der Waals surface area contributed by atoms with Crippen LogP contribution in [0.1, 0.15) is 77.8 Å². The minimum absolute atomic E-state index is 0.0182. The van der Waals surface area contributed by atoms with Gasteiger partial charge in [0.2, 0.25) is 35.4 Å². The lowest BCUT2D eigenvalue weighted by atomic mass is 9.98. The molecule has 1 saturated heterocycles. The normalized spacial score (nSPS) is 17.8. The van der Waals surface area contributed by atoms with Crippen molar-refractivity contribution < 1.29 is 63.6 Å². The Kier molecular flexibility index (Phi) is 20.8. The minimum Gasteiger partial charge on any atom is -0.481 e. The molecule has 0 bridgehead atoms.